The predicted molar refractivity (Wildman–Crippen MR) is 122 cm³/mol. The van der Waals surface area contributed by atoms with Gasteiger partial charge in [0.25, 0.3) is 11.1 Å². The number of carbonyl (C=O) groups excluding carboxylic acids is 3. The fraction of sp³-hybridized carbons (Fsp3) is 0.136. The second kappa shape index (κ2) is 10.0. The first-order valence-electron chi connectivity index (χ1n) is 9.79. The van der Waals surface area contributed by atoms with Gasteiger partial charge < -0.3 is 14.8 Å². The quantitative estimate of drug-likeness (QED) is 0.487. The summed E-state index contributed by atoms with van der Waals surface area (Å²) >= 11 is 0.867. The summed E-state index contributed by atoms with van der Waals surface area (Å²) in [5.41, 5.74) is 1.96. The fourth-order valence-corrected chi connectivity index (χ4v) is 3.60. The zero-order chi connectivity index (χ0) is 23.2. The lowest BCUT2D eigenvalue weighted by Gasteiger charge is -2.06. The van der Waals surface area contributed by atoms with Crippen LogP contribution in [0.2, 0.25) is 0 Å². The molecule has 3 amide bonds. The van der Waals surface area contributed by atoms with Crippen LogP contribution in [-0.2, 0) is 22.7 Å². The Labute approximate surface area is 192 Å². The number of hydrogen-bond donors (Lipinski definition) is 2. The predicted octanol–water partition coefficient (Wildman–Crippen LogP) is 2.83. The van der Waals surface area contributed by atoms with Crippen LogP contribution in [0.1, 0.15) is 11.3 Å². The lowest BCUT2D eigenvalue weighted by molar-refractivity contribution is -0.117. The van der Waals surface area contributed by atoms with Crippen LogP contribution in [0, 0.1) is 0 Å². The molecule has 4 rings (SSSR count). The van der Waals surface area contributed by atoms with Crippen LogP contribution >= 0.6 is 11.8 Å². The van der Waals surface area contributed by atoms with E-state index in [0.717, 1.165) is 17.3 Å². The van der Waals surface area contributed by atoms with Crippen molar-refractivity contribution in [2.24, 2.45) is 0 Å². The van der Waals surface area contributed by atoms with Crippen molar-refractivity contribution >= 4 is 40.6 Å². The summed E-state index contributed by atoms with van der Waals surface area (Å²) in [6.45, 7) is 0.173. The molecule has 0 aliphatic carbocycles. The Morgan fingerprint density at radius 1 is 1.18 bits per heavy atom. The third-order valence-electron chi connectivity index (χ3n) is 4.45. The van der Waals surface area contributed by atoms with Gasteiger partial charge in [-0.3, -0.25) is 19.7 Å². The van der Waals surface area contributed by atoms with E-state index >= 15 is 0 Å². The third-order valence-corrected chi connectivity index (χ3v) is 5.26. The molecule has 0 saturated carbocycles. The van der Waals surface area contributed by atoms with Crippen LogP contribution in [0.5, 0.6) is 11.5 Å². The molecule has 33 heavy (non-hydrogen) atoms. The topological polar surface area (TPSA) is 124 Å². The van der Waals surface area contributed by atoms with E-state index in [1.807, 2.05) is 0 Å². The molecule has 2 N–H and O–H groups in total. The first kappa shape index (κ1) is 22.1. The highest BCUT2D eigenvalue weighted by Gasteiger charge is 2.24. The lowest BCUT2D eigenvalue weighted by Crippen LogP contribution is -2.19. The summed E-state index contributed by atoms with van der Waals surface area (Å²) in [7, 11) is 1.56. The standard InChI is InChI=1S/C22H19N5O5S/c1-31-18-4-2-3-15(10-18)23-20(28)12-27-11-16(25-26-27)13-32-17-7-5-14(6-8-17)9-19-21(29)24-22(30)33-19/h2-11H,12-13H2,1H3,(H,23,28)(H,24,29,30). The van der Waals surface area contributed by atoms with Gasteiger partial charge in [0, 0.05) is 11.8 Å². The van der Waals surface area contributed by atoms with Crippen LogP contribution in [-0.4, -0.2) is 39.2 Å². The SMILES string of the molecule is COc1cccc(NC(=O)Cn2cc(COc3ccc(C=C4SC(=O)NC4=O)cc3)nn2)c1. The number of imide groups is 1. The molecule has 10 nitrogen and oxygen atoms in total. The lowest BCUT2D eigenvalue weighted by atomic mass is 10.2. The van der Waals surface area contributed by atoms with Gasteiger partial charge >= 0.3 is 0 Å². The van der Waals surface area contributed by atoms with Gasteiger partial charge in [0.05, 0.1) is 18.2 Å². The molecule has 1 aliphatic heterocycles. The highest BCUT2D eigenvalue weighted by molar-refractivity contribution is 8.18. The molecule has 2 heterocycles. The number of ether oxygens (including phenoxy) is 2. The van der Waals surface area contributed by atoms with Crippen molar-refractivity contribution in [2.75, 3.05) is 12.4 Å². The molecule has 1 aromatic heterocycles. The Kier molecular flexibility index (Phi) is 6.69. The molecule has 0 radical (unpaired) electrons. The third kappa shape index (κ3) is 5.98. The maximum absolute atomic E-state index is 12.2. The minimum atomic E-state index is -0.398. The molecule has 1 saturated heterocycles. The second-order valence-electron chi connectivity index (χ2n) is 6.90. The summed E-state index contributed by atoms with van der Waals surface area (Å²) in [4.78, 5) is 35.4. The van der Waals surface area contributed by atoms with Gasteiger partial charge in [-0.1, -0.05) is 23.4 Å². The van der Waals surface area contributed by atoms with E-state index in [1.165, 1.54) is 4.68 Å². The van der Waals surface area contributed by atoms with Crippen LogP contribution in [0.25, 0.3) is 6.08 Å². The average molecular weight is 465 g/mol. The Hall–Kier alpha value is -4.12. The van der Waals surface area contributed by atoms with Crippen molar-refractivity contribution in [3.63, 3.8) is 0 Å². The molecule has 11 heteroatoms. The minimum Gasteiger partial charge on any atom is -0.497 e. The number of nitrogens with zero attached hydrogens (tertiary/aromatic N) is 3. The van der Waals surface area contributed by atoms with Gasteiger partial charge in [0.2, 0.25) is 5.91 Å². The van der Waals surface area contributed by atoms with Crippen molar-refractivity contribution < 1.29 is 23.9 Å². The second-order valence-corrected chi connectivity index (χ2v) is 7.91. The zero-order valence-corrected chi connectivity index (χ0v) is 18.3. The van der Waals surface area contributed by atoms with E-state index in [-0.39, 0.29) is 24.3 Å². The molecule has 2 aromatic carbocycles. The van der Waals surface area contributed by atoms with Gasteiger partial charge in [-0.05, 0) is 47.7 Å². The van der Waals surface area contributed by atoms with Gasteiger partial charge in [0.15, 0.2) is 0 Å². The van der Waals surface area contributed by atoms with Crippen LogP contribution in [0.15, 0.2) is 59.6 Å². The Morgan fingerprint density at radius 2 is 2.00 bits per heavy atom. The largest absolute Gasteiger partial charge is 0.497 e. The number of aromatic nitrogens is 3. The Morgan fingerprint density at radius 3 is 2.73 bits per heavy atom. The maximum Gasteiger partial charge on any atom is 0.290 e. The van der Waals surface area contributed by atoms with Gasteiger partial charge in [-0.15, -0.1) is 5.10 Å². The van der Waals surface area contributed by atoms with E-state index in [4.69, 9.17) is 9.47 Å². The van der Waals surface area contributed by atoms with Crippen molar-refractivity contribution in [3.05, 3.63) is 70.9 Å². The number of rotatable bonds is 8. The molecule has 1 aliphatic rings. The van der Waals surface area contributed by atoms with Crippen molar-refractivity contribution in [3.8, 4) is 11.5 Å². The van der Waals surface area contributed by atoms with Crippen molar-refractivity contribution in [1.82, 2.24) is 20.3 Å². The highest BCUT2D eigenvalue weighted by Crippen LogP contribution is 2.26. The normalized spacial score (nSPS) is 14.3. The number of carbonyl (C=O) groups is 3. The van der Waals surface area contributed by atoms with Gasteiger partial charge in [-0.25, -0.2) is 4.68 Å². The van der Waals surface area contributed by atoms with Crippen molar-refractivity contribution in [1.29, 1.82) is 0 Å². The molecule has 1 fully saturated rings. The van der Waals surface area contributed by atoms with E-state index < -0.39 is 5.91 Å². The molecule has 0 unspecified atom stereocenters. The summed E-state index contributed by atoms with van der Waals surface area (Å²) in [6.07, 6.45) is 3.27. The molecule has 0 bridgehead atoms. The molecule has 168 valence electrons. The summed E-state index contributed by atoms with van der Waals surface area (Å²) in [6, 6.07) is 14.1. The number of thioether (sulfide) groups is 1. The minimum absolute atomic E-state index is 0.00165. The fourth-order valence-electron chi connectivity index (χ4n) is 2.92. The smallest absolute Gasteiger partial charge is 0.290 e. The molecule has 0 spiro atoms. The van der Waals surface area contributed by atoms with E-state index in [0.29, 0.717) is 27.8 Å². The van der Waals surface area contributed by atoms with E-state index in [9.17, 15) is 14.4 Å². The average Bonchev–Trinajstić information content (AvgIpc) is 3.38. The highest BCUT2D eigenvalue weighted by atomic mass is 32.2. The maximum atomic E-state index is 12.2. The summed E-state index contributed by atoms with van der Waals surface area (Å²) in [5.74, 6) is 0.601. The van der Waals surface area contributed by atoms with E-state index in [1.54, 1.807) is 67.9 Å². The monoisotopic (exact) mass is 465 g/mol. The number of hydrogen-bond acceptors (Lipinski definition) is 8. The first-order chi connectivity index (χ1) is 16.0. The summed E-state index contributed by atoms with van der Waals surface area (Å²) < 4.78 is 12.3. The molecule has 0 atom stereocenters. The number of methoxy groups -OCH3 is 1. The molecular formula is C22H19N5O5S. The number of amides is 3. The van der Waals surface area contributed by atoms with Crippen LogP contribution < -0.4 is 20.1 Å². The van der Waals surface area contributed by atoms with Gasteiger partial charge in [0.1, 0.15) is 30.3 Å². The summed E-state index contributed by atoms with van der Waals surface area (Å²) in [5, 5.41) is 12.6. The van der Waals surface area contributed by atoms with Crippen LogP contribution in [0.4, 0.5) is 10.5 Å². The van der Waals surface area contributed by atoms with Crippen LogP contribution in [0.3, 0.4) is 0 Å². The Balaban J connectivity index is 1.28. The zero-order valence-electron chi connectivity index (χ0n) is 17.5. The molecular weight excluding hydrogens is 446 g/mol. The number of anilines is 1. The first-order valence-corrected chi connectivity index (χ1v) is 10.6. The van der Waals surface area contributed by atoms with E-state index in [2.05, 4.69) is 20.9 Å². The number of benzene rings is 2. The number of nitrogens with one attached hydrogen (secondary N) is 2. The molecule has 3 aromatic rings. The van der Waals surface area contributed by atoms with Gasteiger partial charge in [-0.2, -0.15) is 0 Å². The Bertz CT molecular complexity index is 1220. The van der Waals surface area contributed by atoms with Crippen molar-refractivity contribution in [2.45, 2.75) is 13.2 Å².